The van der Waals surface area contributed by atoms with E-state index in [-0.39, 0.29) is 0 Å². The van der Waals surface area contributed by atoms with Gasteiger partial charge in [0.05, 0.1) is 7.11 Å². The first-order valence-electron chi connectivity index (χ1n) is 4.83. The van der Waals surface area contributed by atoms with Crippen LogP contribution >= 0.6 is 0 Å². The highest BCUT2D eigenvalue weighted by atomic mass is 16.5. The van der Waals surface area contributed by atoms with Crippen LogP contribution in [0.15, 0.2) is 41.4 Å². The highest BCUT2D eigenvalue weighted by molar-refractivity contribution is 5.91. The van der Waals surface area contributed by atoms with Crippen LogP contribution in [0, 0.1) is 0 Å². The second kappa shape index (κ2) is 4.13. The fourth-order valence-electron chi connectivity index (χ4n) is 1.60. The Morgan fingerprint density at radius 3 is 2.53 bits per heavy atom. The maximum atomic E-state index is 5.17. The summed E-state index contributed by atoms with van der Waals surface area (Å²) in [6, 6.07) is 12.3. The largest absolute Gasteiger partial charge is 0.497 e. The summed E-state index contributed by atoms with van der Waals surface area (Å²) in [4.78, 5) is 4.00. The molecule has 76 valence electrons. The van der Waals surface area contributed by atoms with E-state index in [0.29, 0.717) is 0 Å². The lowest BCUT2D eigenvalue weighted by molar-refractivity contribution is 0.415. The van der Waals surface area contributed by atoms with E-state index in [1.807, 2.05) is 18.3 Å². The predicted molar refractivity (Wildman–Crippen MR) is 64.0 cm³/mol. The normalized spacial score (nSPS) is 11.1. The van der Waals surface area contributed by atoms with Crippen LogP contribution in [-0.4, -0.2) is 20.4 Å². The second-order valence-corrected chi connectivity index (χ2v) is 3.36. The molecule has 0 N–H and O–H groups in total. The summed E-state index contributed by atoms with van der Waals surface area (Å²) in [7, 11) is 3.46. The Morgan fingerprint density at radius 2 is 1.80 bits per heavy atom. The smallest absolute Gasteiger partial charge is 0.119 e. The van der Waals surface area contributed by atoms with E-state index >= 15 is 0 Å². The minimum atomic E-state index is 0.888. The van der Waals surface area contributed by atoms with Crippen molar-refractivity contribution in [3.63, 3.8) is 0 Å². The lowest BCUT2D eigenvalue weighted by Crippen LogP contribution is -1.84. The van der Waals surface area contributed by atoms with Crippen LogP contribution in [-0.2, 0) is 0 Å². The van der Waals surface area contributed by atoms with Gasteiger partial charge in [0.25, 0.3) is 0 Å². The average Bonchev–Trinajstić information content (AvgIpc) is 2.29. The Morgan fingerprint density at radius 1 is 1.07 bits per heavy atom. The van der Waals surface area contributed by atoms with Crippen molar-refractivity contribution in [1.29, 1.82) is 0 Å². The topological polar surface area (TPSA) is 21.6 Å². The first-order valence-corrected chi connectivity index (χ1v) is 4.83. The lowest BCUT2D eigenvalue weighted by atomic mass is 10.1. The average molecular weight is 199 g/mol. The van der Waals surface area contributed by atoms with E-state index < -0.39 is 0 Å². The molecule has 2 heteroatoms. The highest BCUT2D eigenvalue weighted by Crippen LogP contribution is 2.21. The highest BCUT2D eigenvalue weighted by Gasteiger charge is 1.96. The molecule has 0 bridgehead atoms. The zero-order valence-corrected chi connectivity index (χ0v) is 8.90. The molecule has 0 aliphatic heterocycles. The van der Waals surface area contributed by atoms with Gasteiger partial charge in [0, 0.05) is 13.3 Å². The van der Waals surface area contributed by atoms with Crippen LogP contribution in [0.4, 0.5) is 0 Å². The van der Waals surface area contributed by atoms with Gasteiger partial charge in [-0.3, -0.25) is 4.99 Å². The fraction of sp³-hybridized carbons (Fsp3) is 0.154. The number of aliphatic imine (C=N–C) groups is 1. The minimum absolute atomic E-state index is 0.888. The van der Waals surface area contributed by atoms with Crippen molar-refractivity contribution in [2.24, 2.45) is 4.99 Å². The van der Waals surface area contributed by atoms with Crippen LogP contribution in [0.3, 0.4) is 0 Å². The van der Waals surface area contributed by atoms with Crippen LogP contribution < -0.4 is 4.74 Å². The molecule has 0 amide bonds. The molecule has 0 spiro atoms. The predicted octanol–water partition coefficient (Wildman–Crippen LogP) is 2.90. The summed E-state index contributed by atoms with van der Waals surface area (Å²) in [5.41, 5.74) is 1.12. The number of ether oxygens (including phenoxy) is 1. The zero-order chi connectivity index (χ0) is 10.7. The van der Waals surface area contributed by atoms with Crippen molar-refractivity contribution in [2.45, 2.75) is 0 Å². The molecule has 2 aromatic carbocycles. The van der Waals surface area contributed by atoms with Gasteiger partial charge in [-0.05, 0) is 34.5 Å². The maximum Gasteiger partial charge on any atom is 0.119 e. The summed E-state index contributed by atoms with van der Waals surface area (Å²) in [6.07, 6.45) is 1.85. The fourth-order valence-corrected chi connectivity index (χ4v) is 1.60. The van der Waals surface area contributed by atoms with E-state index in [9.17, 15) is 0 Å². The molecule has 0 radical (unpaired) electrons. The number of hydrogen-bond acceptors (Lipinski definition) is 2. The third kappa shape index (κ3) is 1.99. The number of nitrogens with zero attached hydrogens (tertiary/aromatic N) is 1. The molecule has 0 atom stereocenters. The summed E-state index contributed by atoms with van der Waals surface area (Å²) >= 11 is 0. The molecule has 0 aromatic heterocycles. The number of hydrogen-bond donors (Lipinski definition) is 0. The minimum Gasteiger partial charge on any atom is -0.497 e. The van der Waals surface area contributed by atoms with Gasteiger partial charge in [-0.1, -0.05) is 18.2 Å². The van der Waals surface area contributed by atoms with Gasteiger partial charge in [0.2, 0.25) is 0 Å². The van der Waals surface area contributed by atoms with Crippen LogP contribution in [0.25, 0.3) is 10.8 Å². The summed E-state index contributed by atoms with van der Waals surface area (Å²) < 4.78 is 5.17. The summed E-state index contributed by atoms with van der Waals surface area (Å²) in [6.45, 7) is 0. The van der Waals surface area contributed by atoms with E-state index in [4.69, 9.17) is 4.74 Å². The monoisotopic (exact) mass is 199 g/mol. The Labute approximate surface area is 89.2 Å². The molecule has 2 rings (SSSR count). The van der Waals surface area contributed by atoms with Gasteiger partial charge in [0.15, 0.2) is 0 Å². The Balaban J connectivity index is 2.54. The van der Waals surface area contributed by atoms with Crippen LogP contribution in [0.5, 0.6) is 5.75 Å². The first-order chi connectivity index (χ1) is 7.33. The van der Waals surface area contributed by atoms with Crippen LogP contribution in [0.1, 0.15) is 5.56 Å². The molecule has 0 saturated carbocycles. The van der Waals surface area contributed by atoms with Gasteiger partial charge in [-0.15, -0.1) is 0 Å². The van der Waals surface area contributed by atoms with Crippen LogP contribution in [0.2, 0.25) is 0 Å². The first kappa shape index (κ1) is 9.71. The SMILES string of the molecule is CN=Cc1ccc2cc(OC)ccc2c1. The van der Waals surface area contributed by atoms with Gasteiger partial charge >= 0.3 is 0 Å². The number of benzene rings is 2. The van der Waals surface area contributed by atoms with E-state index in [2.05, 4.69) is 29.3 Å². The Bertz CT molecular complexity index is 503. The second-order valence-electron chi connectivity index (χ2n) is 3.36. The molecular weight excluding hydrogens is 186 g/mol. The third-order valence-corrected chi connectivity index (χ3v) is 2.35. The number of fused-ring (bicyclic) bond motifs is 1. The van der Waals surface area contributed by atoms with E-state index in [1.54, 1.807) is 14.2 Å². The zero-order valence-electron chi connectivity index (χ0n) is 8.90. The molecule has 0 saturated heterocycles. The van der Waals surface area contributed by atoms with Gasteiger partial charge in [-0.25, -0.2) is 0 Å². The lowest BCUT2D eigenvalue weighted by Gasteiger charge is -2.03. The molecular formula is C13H13NO. The van der Waals surface area contributed by atoms with Gasteiger partial charge in [0.1, 0.15) is 5.75 Å². The van der Waals surface area contributed by atoms with E-state index in [0.717, 1.165) is 11.3 Å². The summed E-state index contributed by atoms with van der Waals surface area (Å²) in [5.74, 6) is 0.888. The molecule has 0 fully saturated rings. The molecule has 0 heterocycles. The molecule has 0 unspecified atom stereocenters. The number of methoxy groups -OCH3 is 1. The van der Waals surface area contributed by atoms with Crippen molar-refractivity contribution in [3.05, 3.63) is 42.0 Å². The summed E-state index contributed by atoms with van der Waals surface area (Å²) in [5, 5.41) is 2.39. The maximum absolute atomic E-state index is 5.17. The van der Waals surface area contributed by atoms with Crippen molar-refractivity contribution in [3.8, 4) is 5.75 Å². The van der Waals surface area contributed by atoms with E-state index in [1.165, 1.54) is 10.8 Å². The molecule has 15 heavy (non-hydrogen) atoms. The number of rotatable bonds is 2. The molecule has 2 nitrogen and oxygen atoms in total. The molecule has 0 aliphatic rings. The molecule has 0 aliphatic carbocycles. The third-order valence-electron chi connectivity index (χ3n) is 2.35. The molecule has 2 aromatic rings. The standard InChI is InChI=1S/C13H13NO/c1-14-9-10-3-4-12-8-13(15-2)6-5-11(12)7-10/h3-9H,1-2H3. The van der Waals surface area contributed by atoms with Crippen molar-refractivity contribution < 1.29 is 4.74 Å². The van der Waals surface area contributed by atoms with Crippen molar-refractivity contribution in [2.75, 3.05) is 14.2 Å². The van der Waals surface area contributed by atoms with Crippen molar-refractivity contribution >= 4 is 17.0 Å². The quantitative estimate of drug-likeness (QED) is 0.681. The van der Waals surface area contributed by atoms with Gasteiger partial charge < -0.3 is 4.74 Å². The Hall–Kier alpha value is -1.83. The Kier molecular flexibility index (Phi) is 2.68. The van der Waals surface area contributed by atoms with Gasteiger partial charge in [-0.2, -0.15) is 0 Å². The van der Waals surface area contributed by atoms with Crippen molar-refractivity contribution in [1.82, 2.24) is 0 Å².